The highest BCUT2D eigenvalue weighted by Crippen LogP contribution is 2.14. The van der Waals surface area contributed by atoms with E-state index in [1.807, 2.05) is 30.3 Å². The summed E-state index contributed by atoms with van der Waals surface area (Å²) < 4.78 is 1.66. The summed E-state index contributed by atoms with van der Waals surface area (Å²) in [5.74, 6) is 2.45. The molecule has 0 aliphatic heterocycles. The molecule has 0 saturated heterocycles. The van der Waals surface area contributed by atoms with Crippen molar-refractivity contribution in [2.75, 3.05) is 12.3 Å². The van der Waals surface area contributed by atoms with Crippen LogP contribution in [0.15, 0.2) is 35.5 Å². The summed E-state index contributed by atoms with van der Waals surface area (Å²) in [6.45, 7) is 0.802. The van der Waals surface area contributed by atoms with E-state index in [9.17, 15) is 4.79 Å². The van der Waals surface area contributed by atoms with E-state index in [1.54, 1.807) is 4.68 Å². The zero-order chi connectivity index (χ0) is 14.2. The quantitative estimate of drug-likeness (QED) is 0.621. The van der Waals surface area contributed by atoms with Crippen molar-refractivity contribution in [3.05, 3.63) is 35.9 Å². The number of rotatable bonds is 6. The van der Waals surface area contributed by atoms with Gasteiger partial charge in [-0.2, -0.15) is 0 Å². The van der Waals surface area contributed by atoms with Crippen molar-refractivity contribution in [1.29, 1.82) is 0 Å². The summed E-state index contributed by atoms with van der Waals surface area (Å²) in [4.78, 5) is 11.5. The van der Waals surface area contributed by atoms with Crippen molar-refractivity contribution in [3.63, 3.8) is 0 Å². The number of carbonyl (C=O) groups excluding carboxylic acids is 1. The molecule has 6 nitrogen and oxygen atoms in total. The summed E-state index contributed by atoms with van der Waals surface area (Å²) >= 11 is 1.28. The summed E-state index contributed by atoms with van der Waals surface area (Å²) in [6, 6.07) is 9.86. The SMILES string of the molecule is C#CCNC(=O)CSc1nnnn1Cc1ccccc1. The first-order chi connectivity index (χ1) is 9.79. The molecule has 102 valence electrons. The minimum atomic E-state index is -0.137. The molecule has 0 spiro atoms. The maximum atomic E-state index is 11.5. The molecule has 0 bridgehead atoms. The standard InChI is InChI=1S/C13H13N5OS/c1-2-8-14-12(19)10-20-13-15-16-17-18(13)9-11-6-4-3-5-7-11/h1,3-7H,8-10H2,(H,14,19). The smallest absolute Gasteiger partial charge is 0.231 e. The van der Waals surface area contributed by atoms with Gasteiger partial charge in [0.1, 0.15) is 0 Å². The molecular formula is C13H13N5OS. The van der Waals surface area contributed by atoms with E-state index >= 15 is 0 Å². The Bertz CT molecular complexity index is 605. The summed E-state index contributed by atoms with van der Waals surface area (Å²) in [5.41, 5.74) is 1.10. The predicted octanol–water partition coefficient (Wildman–Crippen LogP) is 0.563. The van der Waals surface area contributed by atoms with Gasteiger partial charge in [0, 0.05) is 0 Å². The van der Waals surface area contributed by atoms with E-state index in [1.165, 1.54) is 11.8 Å². The molecule has 0 atom stereocenters. The summed E-state index contributed by atoms with van der Waals surface area (Å²) in [7, 11) is 0. The Hall–Kier alpha value is -2.33. The molecule has 2 rings (SSSR count). The molecule has 2 aromatic rings. The van der Waals surface area contributed by atoms with Crippen LogP contribution in [0.25, 0.3) is 0 Å². The van der Waals surface area contributed by atoms with Crippen LogP contribution < -0.4 is 5.32 Å². The van der Waals surface area contributed by atoms with Crippen LogP contribution in [0.3, 0.4) is 0 Å². The third kappa shape index (κ3) is 4.10. The molecule has 0 aliphatic carbocycles. The molecular weight excluding hydrogens is 274 g/mol. The predicted molar refractivity (Wildman–Crippen MR) is 75.9 cm³/mol. The van der Waals surface area contributed by atoms with Crippen LogP contribution in [0.1, 0.15) is 5.56 Å². The van der Waals surface area contributed by atoms with E-state index in [-0.39, 0.29) is 18.2 Å². The van der Waals surface area contributed by atoms with Crippen molar-refractivity contribution in [3.8, 4) is 12.3 Å². The highest BCUT2D eigenvalue weighted by molar-refractivity contribution is 7.99. The lowest BCUT2D eigenvalue weighted by Gasteiger charge is -2.04. The van der Waals surface area contributed by atoms with Crippen molar-refractivity contribution < 1.29 is 4.79 Å². The van der Waals surface area contributed by atoms with Gasteiger partial charge >= 0.3 is 0 Å². The molecule has 0 saturated carbocycles. The highest BCUT2D eigenvalue weighted by atomic mass is 32.2. The molecule has 1 amide bonds. The number of terminal acetylenes is 1. The van der Waals surface area contributed by atoms with Crippen LogP contribution in [-0.4, -0.2) is 38.4 Å². The zero-order valence-electron chi connectivity index (χ0n) is 10.7. The van der Waals surface area contributed by atoms with Gasteiger partial charge in [0.2, 0.25) is 11.1 Å². The van der Waals surface area contributed by atoms with Gasteiger partial charge in [0.15, 0.2) is 0 Å². The van der Waals surface area contributed by atoms with Crippen LogP contribution in [0, 0.1) is 12.3 Å². The lowest BCUT2D eigenvalue weighted by atomic mass is 10.2. The number of benzene rings is 1. The van der Waals surface area contributed by atoms with E-state index in [0.717, 1.165) is 5.56 Å². The number of amides is 1. The lowest BCUT2D eigenvalue weighted by Crippen LogP contribution is -2.25. The zero-order valence-corrected chi connectivity index (χ0v) is 11.5. The monoisotopic (exact) mass is 287 g/mol. The molecule has 20 heavy (non-hydrogen) atoms. The second-order valence-corrected chi connectivity index (χ2v) is 4.82. The van der Waals surface area contributed by atoms with Crippen molar-refractivity contribution >= 4 is 17.7 Å². The molecule has 0 aliphatic rings. The van der Waals surface area contributed by atoms with Crippen molar-refractivity contribution in [2.24, 2.45) is 0 Å². The Balaban J connectivity index is 1.92. The fourth-order valence-corrected chi connectivity index (χ4v) is 2.19. The van der Waals surface area contributed by atoms with Crippen LogP contribution >= 0.6 is 11.8 Å². The van der Waals surface area contributed by atoms with Crippen LogP contribution in [0.4, 0.5) is 0 Å². The van der Waals surface area contributed by atoms with Gasteiger partial charge < -0.3 is 5.32 Å². The van der Waals surface area contributed by atoms with Gasteiger partial charge in [-0.1, -0.05) is 48.0 Å². The molecule has 7 heteroatoms. The maximum Gasteiger partial charge on any atom is 0.231 e. The maximum absolute atomic E-state index is 11.5. The Morgan fingerprint density at radius 3 is 2.95 bits per heavy atom. The minimum Gasteiger partial charge on any atom is -0.344 e. The normalized spacial score (nSPS) is 9.95. The van der Waals surface area contributed by atoms with E-state index in [4.69, 9.17) is 6.42 Å². The fourth-order valence-electron chi connectivity index (χ4n) is 1.49. The number of tetrazole rings is 1. The van der Waals surface area contributed by atoms with Gasteiger partial charge in [-0.3, -0.25) is 4.79 Å². The van der Waals surface area contributed by atoms with E-state index in [2.05, 4.69) is 26.8 Å². The van der Waals surface area contributed by atoms with E-state index < -0.39 is 0 Å². The second kappa shape index (κ2) is 7.31. The Kier molecular flexibility index (Phi) is 5.15. The number of thioether (sulfide) groups is 1. The van der Waals surface area contributed by atoms with Crippen molar-refractivity contribution in [1.82, 2.24) is 25.5 Å². The molecule has 1 aromatic carbocycles. The molecule has 1 aromatic heterocycles. The Labute approximate surface area is 120 Å². The largest absolute Gasteiger partial charge is 0.344 e. The third-order valence-electron chi connectivity index (χ3n) is 2.39. The molecule has 0 radical (unpaired) electrons. The number of hydrogen-bond donors (Lipinski definition) is 1. The fraction of sp³-hybridized carbons (Fsp3) is 0.231. The highest BCUT2D eigenvalue weighted by Gasteiger charge is 2.09. The Morgan fingerprint density at radius 2 is 2.20 bits per heavy atom. The number of nitrogens with one attached hydrogen (secondary N) is 1. The van der Waals surface area contributed by atoms with Crippen LogP contribution in [-0.2, 0) is 11.3 Å². The first-order valence-electron chi connectivity index (χ1n) is 5.92. The van der Waals surface area contributed by atoms with Gasteiger partial charge in [0.25, 0.3) is 0 Å². The molecule has 1 heterocycles. The van der Waals surface area contributed by atoms with Crippen molar-refractivity contribution in [2.45, 2.75) is 11.7 Å². The van der Waals surface area contributed by atoms with Crippen LogP contribution in [0.5, 0.6) is 0 Å². The van der Waals surface area contributed by atoms with E-state index in [0.29, 0.717) is 11.7 Å². The molecule has 0 unspecified atom stereocenters. The molecule has 1 N–H and O–H groups in total. The number of hydrogen-bond acceptors (Lipinski definition) is 5. The summed E-state index contributed by atoms with van der Waals surface area (Å²) in [5, 5.41) is 14.7. The molecule has 0 fully saturated rings. The second-order valence-electron chi connectivity index (χ2n) is 3.87. The minimum absolute atomic E-state index is 0.137. The average Bonchev–Trinajstić information content (AvgIpc) is 2.91. The van der Waals surface area contributed by atoms with Crippen LogP contribution in [0.2, 0.25) is 0 Å². The van der Waals surface area contributed by atoms with Gasteiger partial charge in [-0.15, -0.1) is 11.5 Å². The van der Waals surface area contributed by atoms with Gasteiger partial charge in [0.05, 0.1) is 18.8 Å². The van der Waals surface area contributed by atoms with Gasteiger partial charge in [-0.25, -0.2) is 4.68 Å². The topological polar surface area (TPSA) is 72.7 Å². The van der Waals surface area contributed by atoms with Gasteiger partial charge in [-0.05, 0) is 16.0 Å². The number of nitrogens with zero attached hydrogens (tertiary/aromatic N) is 4. The lowest BCUT2D eigenvalue weighted by molar-refractivity contribution is -0.118. The number of aromatic nitrogens is 4. The summed E-state index contributed by atoms with van der Waals surface area (Å²) in [6.07, 6.45) is 5.07. The number of carbonyl (C=O) groups is 1. The first-order valence-corrected chi connectivity index (χ1v) is 6.91. The average molecular weight is 287 g/mol. The first kappa shape index (κ1) is 14.1. The third-order valence-corrected chi connectivity index (χ3v) is 3.35. The Morgan fingerprint density at radius 1 is 1.40 bits per heavy atom.